The molecule has 0 aliphatic carbocycles. The molecule has 5 aromatic rings. The number of fused-ring (bicyclic) bond motifs is 1. The van der Waals surface area contributed by atoms with Gasteiger partial charge in [0.25, 0.3) is 5.56 Å². The van der Waals surface area contributed by atoms with Gasteiger partial charge in [-0.05, 0) is 47.9 Å². The summed E-state index contributed by atoms with van der Waals surface area (Å²) in [7, 11) is 3.44. The Morgan fingerprint density at radius 2 is 1.58 bits per heavy atom. The number of para-hydroxylation sites is 1. The summed E-state index contributed by atoms with van der Waals surface area (Å²) in [5.41, 5.74) is 4.27. The fourth-order valence-corrected chi connectivity index (χ4v) is 4.49. The molecule has 0 saturated heterocycles. The van der Waals surface area contributed by atoms with Crippen molar-refractivity contribution in [3.05, 3.63) is 107 Å². The lowest BCUT2D eigenvalue weighted by molar-refractivity contribution is 0.262. The Morgan fingerprint density at radius 1 is 0.868 bits per heavy atom. The van der Waals surface area contributed by atoms with Crippen LogP contribution in [0.15, 0.2) is 89.9 Å². The number of hydrogen-bond acceptors (Lipinski definition) is 4. The molecule has 0 bridgehead atoms. The molecule has 0 fully saturated rings. The molecule has 7 nitrogen and oxygen atoms in total. The second-order valence-corrected chi connectivity index (χ2v) is 8.94. The van der Waals surface area contributed by atoms with Gasteiger partial charge in [-0.2, -0.15) is 0 Å². The Balaban J connectivity index is 1.48. The minimum Gasteiger partial charge on any atom is -0.373 e. The normalized spacial score (nSPS) is 10.8. The summed E-state index contributed by atoms with van der Waals surface area (Å²) >= 11 is 0. The Kier molecular flexibility index (Phi) is 6.62. The number of amides is 2. The lowest BCUT2D eigenvalue weighted by atomic mass is 9.99. The first-order chi connectivity index (χ1) is 18.4. The number of hydrogen-bond donors (Lipinski definition) is 3. The van der Waals surface area contributed by atoms with Gasteiger partial charge in [-0.15, -0.1) is 0 Å². The van der Waals surface area contributed by atoms with Gasteiger partial charge in [0, 0.05) is 42.9 Å². The number of nitrogens with zero attached hydrogens (tertiary/aromatic N) is 2. The molecule has 5 rings (SSSR count). The Bertz CT molecular complexity index is 1730. The summed E-state index contributed by atoms with van der Waals surface area (Å²) in [6, 6.07) is 22.8. The van der Waals surface area contributed by atoms with Crippen molar-refractivity contribution in [2.75, 3.05) is 23.0 Å². The number of aromatic nitrogens is 2. The zero-order valence-corrected chi connectivity index (χ0v) is 21.2. The highest BCUT2D eigenvalue weighted by Gasteiger charge is 2.17. The monoisotopic (exact) mass is 507 g/mol. The van der Waals surface area contributed by atoms with Crippen LogP contribution in [0.4, 0.5) is 26.4 Å². The Labute approximate surface area is 219 Å². The number of carbonyl (C=O) groups excluding carboxylic acids is 1. The first-order valence-electron chi connectivity index (χ1n) is 12.1. The van der Waals surface area contributed by atoms with Crippen LogP contribution in [0.5, 0.6) is 0 Å². The van der Waals surface area contributed by atoms with Crippen LogP contribution in [0, 0.1) is 12.7 Å². The van der Waals surface area contributed by atoms with Gasteiger partial charge in [0.2, 0.25) is 0 Å². The fourth-order valence-electron chi connectivity index (χ4n) is 4.49. The number of urea groups is 1. The molecule has 0 radical (unpaired) electrons. The van der Waals surface area contributed by atoms with Crippen molar-refractivity contribution < 1.29 is 9.18 Å². The highest BCUT2D eigenvalue weighted by atomic mass is 19.1. The highest BCUT2D eigenvalue weighted by molar-refractivity contribution is 6.03. The largest absolute Gasteiger partial charge is 0.373 e. The van der Waals surface area contributed by atoms with Crippen LogP contribution in [0.2, 0.25) is 0 Å². The van der Waals surface area contributed by atoms with Gasteiger partial charge in [-0.25, -0.2) is 14.2 Å². The number of anilines is 3. The molecule has 38 heavy (non-hydrogen) atoms. The molecule has 8 heteroatoms. The van der Waals surface area contributed by atoms with E-state index in [4.69, 9.17) is 0 Å². The van der Waals surface area contributed by atoms with Crippen molar-refractivity contribution in [1.29, 1.82) is 0 Å². The molecule has 0 saturated carbocycles. The van der Waals surface area contributed by atoms with Gasteiger partial charge < -0.3 is 20.5 Å². The summed E-state index contributed by atoms with van der Waals surface area (Å²) in [4.78, 5) is 30.6. The number of halogens is 1. The van der Waals surface area contributed by atoms with E-state index in [1.165, 1.54) is 16.7 Å². The lowest BCUT2D eigenvalue weighted by Crippen LogP contribution is -2.21. The fraction of sp³-hybridized carbons (Fsp3) is 0.100. The number of nitrogens with one attached hydrogen (secondary N) is 3. The molecular formula is C30H26FN5O2. The van der Waals surface area contributed by atoms with Crippen molar-refractivity contribution in [1.82, 2.24) is 9.55 Å². The van der Waals surface area contributed by atoms with Crippen LogP contribution in [0.25, 0.3) is 33.2 Å². The number of carbonyl (C=O) groups is 1. The molecule has 2 aromatic heterocycles. The maximum atomic E-state index is 15.0. The quantitative estimate of drug-likeness (QED) is 0.257. The average Bonchev–Trinajstić information content (AvgIpc) is 2.93. The number of benzene rings is 3. The average molecular weight is 508 g/mol. The van der Waals surface area contributed by atoms with E-state index in [2.05, 4.69) is 20.9 Å². The number of rotatable bonds is 5. The second-order valence-electron chi connectivity index (χ2n) is 8.94. The van der Waals surface area contributed by atoms with Crippen molar-refractivity contribution in [2.45, 2.75) is 6.92 Å². The van der Waals surface area contributed by atoms with E-state index in [1.807, 2.05) is 48.5 Å². The zero-order chi connectivity index (χ0) is 26.8. The van der Waals surface area contributed by atoms with Crippen molar-refractivity contribution in [2.24, 2.45) is 7.05 Å². The van der Waals surface area contributed by atoms with E-state index in [0.717, 1.165) is 16.5 Å². The summed E-state index contributed by atoms with van der Waals surface area (Å²) in [6.07, 6.45) is 1.68. The van der Waals surface area contributed by atoms with Crippen molar-refractivity contribution in [3.63, 3.8) is 0 Å². The topological polar surface area (TPSA) is 88.1 Å². The van der Waals surface area contributed by atoms with E-state index in [-0.39, 0.29) is 11.2 Å². The Hall–Kier alpha value is -4.98. The van der Waals surface area contributed by atoms with E-state index < -0.39 is 11.8 Å². The number of pyridine rings is 2. The summed E-state index contributed by atoms with van der Waals surface area (Å²) in [5, 5.41) is 9.15. The van der Waals surface area contributed by atoms with Gasteiger partial charge in [0.1, 0.15) is 11.6 Å². The molecule has 0 atom stereocenters. The molecule has 0 aliphatic rings. The van der Waals surface area contributed by atoms with Gasteiger partial charge in [-0.1, -0.05) is 48.5 Å². The maximum absolute atomic E-state index is 15.0. The first-order valence-corrected chi connectivity index (χ1v) is 12.1. The minimum absolute atomic E-state index is 0.0360. The van der Waals surface area contributed by atoms with Crippen LogP contribution in [-0.4, -0.2) is 22.6 Å². The van der Waals surface area contributed by atoms with E-state index in [1.54, 1.807) is 45.4 Å². The maximum Gasteiger partial charge on any atom is 0.323 e. The van der Waals surface area contributed by atoms with Crippen molar-refractivity contribution >= 4 is 34.1 Å². The van der Waals surface area contributed by atoms with Gasteiger partial charge in [-0.3, -0.25) is 4.79 Å². The van der Waals surface area contributed by atoms with E-state index >= 15 is 0 Å². The lowest BCUT2D eigenvalue weighted by Gasteiger charge is -2.15. The summed E-state index contributed by atoms with van der Waals surface area (Å²) < 4.78 is 16.5. The molecule has 190 valence electrons. The SMILES string of the molecule is CNc1cc2c(cn1)cc(-c1cc(NC(=O)Nc3ccccc3-c3ccccc3)c(F)cc1C)c(=O)n2C. The second kappa shape index (κ2) is 10.2. The van der Waals surface area contributed by atoms with Gasteiger partial charge in [0.15, 0.2) is 0 Å². The summed E-state index contributed by atoms with van der Waals surface area (Å²) in [6.45, 7) is 1.73. The third-order valence-electron chi connectivity index (χ3n) is 6.48. The Morgan fingerprint density at radius 3 is 2.34 bits per heavy atom. The molecule has 2 amide bonds. The first kappa shape index (κ1) is 24.7. The van der Waals surface area contributed by atoms with Crippen molar-refractivity contribution in [3.8, 4) is 22.3 Å². The third kappa shape index (κ3) is 4.71. The van der Waals surface area contributed by atoms with Crippen LogP contribution in [-0.2, 0) is 7.05 Å². The minimum atomic E-state index is -0.601. The van der Waals surface area contributed by atoms with Crippen LogP contribution < -0.4 is 21.5 Å². The number of aryl methyl sites for hydroxylation is 2. The molecule has 0 unspecified atom stereocenters. The predicted molar refractivity (Wildman–Crippen MR) is 151 cm³/mol. The standard InChI is InChI=1S/C30H26FN5O2/c1-18-13-24(31)26(35-30(38)34-25-12-8-7-11-21(25)19-9-5-4-6-10-19)15-22(18)23-14-20-17-33-28(32-2)16-27(20)36(3)29(23)37/h4-17H,1-3H3,(H,32,33)(H2,34,35,38). The third-order valence-corrected chi connectivity index (χ3v) is 6.48. The predicted octanol–water partition coefficient (Wildman–Crippen LogP) is 6.40. The molecule has 0 spiro atoms. The smallest absolute Gasteiger partial charge is 0.323 e. The zero-order valence-electron chi connectivity index (χ0n) is 21.2. The van der Waals surface area contributed by atoms with Gasteiger partial charge >= 0.3 is 6.03 Å². The highest BCUT2D eigenvalue weighted by Crippen LogP contribution is 2.30. The van der Waals surface area contributed by atoms with Crippen LogP contribution in [0.3, 0.4) is 0 Å². The van der Waals surface area contributed by atoms with E-state index in [0.29, 0.717) is 33.7 Å². The van der Waals surface area contributed by atoms with Gasteiger partial charge in [0.05, 0.1) is 16.9 Å². The van der Waals surface area contributed by atoms with E-state index in [9.17, 15) is 14.0 Å². The van der Waals surface area contributed by atoms with Crippen LogP contribution in [0.1, 0.15) is 5.56 Å². The molecule has 0 aliphatic heterocycles. The molecule has 2 heterocycles. The molecular weight excluding hydrogens is 481 g/mol. The molecule has 3 aromatic carbocycles. The summed E-state index contributed by atoms with van der Waals surface area (Å²) in [5.74, 6) is 0.0419. The molecule has 3 N–H and O–H groups in total. The van der Waals surface area contributed by atoms with Crippen LogP contribution >= 0.6 is 0 Å².